The summed E-state index contributed by atoms with van der Waals surface area (Å²) in [7, 11) is 0. The molecular formula is C5F9O3. The Bertz CT molecular complexity index is 283. The minimum absolute atomic E-state index is 0.523. The predicted molar refractivity (Wildman–Crippen MR) is 28.8 cm³/mol. The molecule has 0 amide bonds. The zero-order chi connectivity index (χ0) is 14.1. The molecule has 0 aliphatic rings. The molecule has 3 nitrogen and oxygen atoms in total. The van der Waals surface area contributed by atoms with Gasteiger partial charge in [-0.2, -0.15) is 26.3 Å². The van der Waals surface area contributed by atoms with Crippen LogP contribution in [0.3, 0.4) is 0 Å². The van der Waals surface area contributed by atoms with Crippen molar-refractivity contribution in [3.05, 3.63) is 0 Å². The summed E-state index contributed by atoms with van der Waals surface area (Å²) in [6.07, 6.45) is -25.1. The van der Waals surface area contributed by atoms with E-state index in [1.54, 1.807) is 4.74 Å². The summed E-state index contributed by atoms with van der Waals surface area (Å²) < 4.78 is 109. The van der Waals surface area contributed by atoms with Crippen LogP contribution in [0.25, 0.3) is 0 Å². The molecule has 0 saturated carbocycles. The summed E-state index contributed by atoms with van der Waals surface area (Å²) in [5, 5.41) is 0. The highest BCUT2D eigenvalue weighted by Crippen LogP contribution is 2.42. The monoisotopic (exact) mass is 279 g/mol. The maximum Gasteiger partial charge on any atom is 0.527 e. The SMILES string of the molecule is O=[C]C(F)(F)OC(F)(F)C(F)(F)OC(F)(F)F. The number of ether oxygens (including phenoxy) is 2. The van der Waals surface area contributed by atoms with Gasteiger partial charge >= 0.3 is 31.0 Å². The zero-order valence-corrected chi connectivity index (χ0v) is 7.13. The second kappa shape index (κ2) is 4.33. The number of halogens is 9. The van der Waals surface area contributed by atoms with Gasteiger partial charge in [0.25, 0.3) is 0 Å². The molecule has 0 aromatic heterocycles. The van der Waals surface area contributed by atoms with Crippen LogP contribution in [0.15, 0.2) is 0 Å². The third-order valence-corrected chi connectivity index (χ3v) is 0.958. The summed E-state index contributed by atoms with van der Waals surface area (Å²) in [6, 6.07) is 0. The molecule has 0 N–H and O–H groups in total. The average molecular weight is 279 g/mol. The first kappa shape index (κ1) is 16.0. The van der Waals surface area contributed by atoms with Crippen molar-refractivity contribution in [3.63, 3.8) is 0 Å². The van der Waals surface area contributed by atoms with E-state index < -0.39 is 31.0 Å². The van der Waals surface area contributed by atoms with Crippen LogP contribution in [0, 0.1) is 0 Å². The molecule has 0 aromatic rings. The first-order valence-electron chi connectivity index (χ1n) is 3.22. The van der Waals surface area contributed by atoms with E-state index in [4.69, 9.17) is 0 Å². The van der Waals surface area contributed by atoms with Crippen molar-refractivity contribution in [3.8, 4) is 0 Å². The smallest absolute Gasteiger partial charge is 0.281 e. The summed E-state index contributed by atoms with van der Waals surface area (Å²) >= 11 is 0. The van der Waals surface area contributed by atoms with E-state index in [2.05, 4.69) is 0 Å². The lowest BCUT2D eigenvalue weighted by molar-refractivity contribution is -0.522. The zero-order valence-electron chi connectivity index (χ0n) is 7.13. The molecule has 1 radical (unpaired) electrons. The molecule has 0 fully saturated rings. The van der Waals surface area contributed by atoms with Gasteiger partial charge in [0.05, 0.1) is 0 Å². The quantitative estimate of drug-likeness (QED) is 0.725. The van der Waals surface area contributed by atoms with Crippen molar-refractivity contribution in [1.29, 1.82) is 0 Å². The molecule has 12 heteroatoms. The van der Waals surface area contributed by atoms with Crippen molar-refractivity contribution in [2.75, 3.05) is 0 Å². The molecule has 0 spiro atoms. The molecule has 0 bridgehead atoms. The van der Waals surface area contributed by atoms with Gasteiger partial charge in [-0.1, -0.05) is 0 Å². The standard InChI is InChI=1S/C5F9O3/c6-2(7,1-15)16-3(8,9)4(10,11)17-5(12,13)14. The fourth-order valence-corrected chi connectivity index (χ4v) is 0.446. The second-order valence-electron chi connectivity index (χ2n) is 2.30. The van der Waals surface area contributed by atoms with E-state index >= 15 is 0 Å². The molecule has 101 valence electrons. The van der Waals surface area contributed by atoms with E-state index in [1.165, 1.54) is 0 Å². The van der Waals surface area contributed by atoms with Crippen molar-refractivity contribution in [2.24, 2.45) is 0 Å². The van der Waals surface area contributed by atoms with Crippen LogP contribution in [0.2, 0.25) is 0 Å². The van der Waals surface area contributed by atoms with Crippen molar-refractivity contribution in [1.82, 2.24) is 0 Å². The minimum Gasteiger partial charge on any atom is -0.281 e. The van der Waals surface area contributed by atoms with Crippen LogP contribution in [-0.4, -0.2) is 31.0 Å². The molecule has 0 atom stereocenters. The first-order chi connectivity index (χ1) is 7.22. The van der Waals surface area contributed by atoms with Crippen molar-refractivity contribution in [2.45, 2.75) is 24.7 Å². The van der Waals surface area contributed by atoms with E-state index in [9.17, 15) is 44.3 Å². The molecule has 0 aliphatic carbocycles. The molecule has 0 aromatic carbocycles. The molecule has 0 aliphatic heterocycles. The normalized spacial score (nSPS) is 14.9. The van der Waals surface area contributed by atoms with Crippen molar-refractivity contribution >= 4 is 6.29 Å². The van der Waals surface area contributed by atoms with Gasteiger partial charge < -0.3 is 0 Å². The fraction of sp³-hybridized carbons (Fsp3) is 0.800. The Morgan fingerprint density at radius 2 is 1.06 bits per heavy atom. The lowest BCUT2D eigenvalue weighted by Gasteiger charge is -2.27. The van der Waals surface area contributed by atoms with Gasteiger partial charge in [-0.15, -0.1) is 13.2 Å². The number of alkyl halides is 9. The Kier molecular flexibility index (Phi) is 4.06. The number of hydrogen-bond acceptors (Lipinski definition) is 3. The lowest BCUT2D eigenvalue weighted by Crippen LogP contribution is -2.51. The van der Waals surface area contributed by atoms with Gasteiger partial charge in [-0.05, 0) is 0 Å². The van der Waals surface area contributed by atoms with Crippen LogP contribution in [0.4, 0.5) is 39.5 Å². The van der Waals surface area contributed by atoms with Crippen LogP contribution < -0.4 is 0 Å². The van der Waals surface area contributed by atoms with Gasteiger partial charge in [-0.25, -0.2) is 9.47 Å². The van der Waals surface area contributed by atoms with E-state index in [1.807, 2.05) is 4.74 Å². The third-order valence-electron chi connectivity index (χ3n) is 0.958. The van der Waals surface area contributed by atoms with Crippen molar-refractivity contribution < 1.29 is 53.8 Å². The van der Waals surface area contributed by atoms with Crippen LogP contribution in [-0.2, 0) is 14.3 Å². The second-order valence-corrected chi connectivity index (χ2v) is 2.30. The molecule has 0 saturated heterocycles. The average Bonchev–Trinajstić information content (AvgIpc) is 1.97. The number of hydrogen-bond donors (Lipinski definition) is 0. The summed E-state index contributed by atoms with van der Waals surface area (Å²) in [6.45, 7) is 0. The Morgan fingerprint density at radius 1 is 0.706 bits per heavy atom. The predicted octanol–water partition coefficient (Wildman–Crippen LogP) is 2.43. The molecule has 17 heavy (non-hydrogen) atoms. The summed E-state index contributed by atoms with van der Waals surface area (Å²) in [4.78, 5) is 9.28. The van der Waals surface area contributed by atoms with Gasteiger partial charge in [0.2, 0.25) is 0 Å². The third kappa shape index (κ3) is 4.77. The van der Waals surface area contributed by atoms with Gasteiger partial charge in [-0.3, -0.25) is 4.79 Å². The number of rotatable bonds is 5. The van der Waals surface area contributed by atoms with Crippen LogP contribution >= 0.6 is 0 Å². The fourth-order valence-electron chi connectivity index (χ4n) is 0.446. The highest BCUT2D eigenvalue weighted by Gasteiger charge is 2.68. The maximum atomic E-state index is 12.2. The Hall–Kier alpha value is -1.04. The highest BCUT2D eigenvalue weighted by atomic mass is 19.4. The summed E-state index contributed by atoms with van der Waals surface area (Å²) in [5.41, 5.74) is 0. The van der Waals surface area contributed by atoms with Crippen LogP contribution in [0.1, 0.15) is 0 Å². The largest absolute Gasteiger partial charge is 0.527 e. The minimum atomic E-state index is -6.45. The Morgan fingerprint density at radius 3 is 1.35 bits per heavy atom. The molecule has 0 rings (SSSR count). The molecule has 0 heterocycles. The van der Waals surface area contributed by atoms with E-state index in [-0.39, 0.29) is 0 Å². The van der Waals surface area contributed by atoms with Crippen LogP contribution in [0.5, 0.6) is 0 Å². The molecular weight excluding hydrogens is 279 g/mol. The first-order valence-corrected chi connectivity index (χ1v) is 3.22. The molecule has 0 unspecified atom stereocenters. The Balaban J connectivity index is 4.97. The summed E-state index contributed by atoms with van der Waals surface area (Å²) in [5.74, 6) is 0. The topological polar surface area (TPSA) is 35.5 Å². The van der Waals surface area contributed by atoms with E-state index in [0.717, 1.165) is 0 Å². The maximum absolute atomic E-state index is 12.2. The lowest BCUT2D eigenvalue weighted by atomic mass is 10.5. The van der Waals surface area contributed by atoms with E-state index in [0.29, 0.717) is 0 Å². The van der Waals surface area contributed by atoms with Gasteiger partial charge in [0.1, 0.15) is 0 Å². The van der Waals surface area contributed by atoms with Gasteiger partial charge in [0, 0.05) is 0 Å². The highest BCUT2D eigenvalue weighted by molar-refractivity contribution is 5.58. The van der Waals surface area contributed by atoms with Gasteiger partial charge in [0.15, 0.2) is 0 Å². The number of carbonyl (C=O) groups excluding carboxylic acids is 1. The Labute approximate surface area is 86.1 Å².